The van der Waals surface area contributed by atoms with Gasteiger partial charge in [0.2, 0.25) is 5.54 Å². The molecular weight excluding hydrogens is 377 g/mol. The third-order valence-corrected chi connectivity index (χ3v) is 4.29. The summed E-state index contributed by atoms with van der Waals surface area (Å²) in [5.41, 5.74) is -2.62. The Morgan fingerprint density at radius 2 is 2.05 bits per heavy atom. The van der Waals surface area contributed by atoms with Crippen LogP contribution in [0.3, 0.4) is 0 Å². The van der Waals surface area contributed by atoms with Crippen LogP contribution in [0.4, 0.5) is 18.0 Å². The molecule has 0 fully saturated rings. The highest BCUT2D eigenvalue weighted by Crippen LogP contribution is 2.30. The predicted molar refractivity (Wildman–Crippen MR) is 74.1 cm³/mol. The summed E-state index contributed by atoms with van der Waals surface area (Å²) in [5, 5.41) is 12.0. The third kappa shape index (κ3) is 4.10. The van der Waals surface area contributed by atoms with Crippen molar-refractivity contribution >= 4 is 39.3 Å². The monoisotopic (exact) mass is 388 g/mol. The molecule has 2 amide bonds. The molecule has 0 aliphatic carbocycles. The molecule has 0 aliphatic heterocycles. The molecule has 0 saturated carbocycles. The molecule has 0 aromatic carbocycles. The van der Waals surface area contributed by atoms with Crippen molar-refractivity contribution in [3.63, 3.8) is 0 Å². The standard InChI is InChI=1S/C11H12BrF3N2O3S/c1-10(8(18)19,11(13,14)15)16-9(20)17(2)4-6-3-7(12)21-5-6/h3,5H,4H2,1-2H3,(H,16,20)(H,18,19). The van der Waals surface area contributed by atoms with Crippen LogP contribution in [-0.2, 0) is 11.3 Å². The van der Waals surface area contributed by atoms with E-state index in [0.29, 0.717) is 12.5 Å². The average Bonchev–Trinajstić information content (AvgIpc) is 2.72. The van der Waals surface area contributed by atoms with E-state index in [1.807, 2.05) is 0 Å². The number of nitrogens with one attached hydrogen (secondary N) is 1. The minimum absolute atomic E-state index is 0.0570. The molecule has 10 heteroatoms. The minimum Gasteiger partial charge on any atom is -0.479 e. The summed E-state index contributed by atoms with van der Waals surface area (Å²) in [7, 11) is 1.28. The topological polar surface area (TPSA) is 69.6 Å². The molecule has 0 aliphatic rings. The van der Waals surface area contributed by atoms with Crippen molar-refractivity contribution in [1.82, 2.24) is 10.2 Å². The van der Waals surface area contributed by atoms with Gasteiger partial charge in [0.25, 0.3) is 0 Å². The lowest BCUT2D eigenvalue weighted by atomic mass is 10.0. The van der Waals surface area contributed by atoms with Crippen molar-refractivity contribution < 1.29 is 27.9 Å². The summed E-state index contributed by atoms with van der Waals surface area (Å²) in [6.45, 7) is 0.462. The predicted octanol–water partition coefficient (Wildman–Crippen LogP) is 3.06. The Labute approximate surface area is 130 Å². The van der Waals surface area contributed by atoms with Crippen LogP contribution in [-0.4, -0.2) is 40.8 Å². The molecule has 0 bridgehead atoms. The second kappa shape index (κ2) is 6.22. The van der Waals surface area contributed by atoms with Gasteiger partial charge >= 0.3 is 18.2 Å². The molecule has 1 rings (SSSR count). The van der Waals surface area contributed by atoms with Gasteiger partial charge in [-0.05, 0) is 39.9 Å². The number of carbonyl (C=O) groups excluding carboxylic acids is 1. The largest absolute Gasteiger partial charge is 0.479 e. The zero-order chi connectivity index (χ0) is 16.4. The van der Waals surface area contributed by atoms with Gasteiger partial charge < -0.3 is 15.3 Å². The van der Waals surface area contributed by atoms with E-state index < -0.39 is 23.7 Å². The summed E-state index contributed by atoms with van der Waals surface area (Å²) < 4.78 is 39.2. The van der Waals surface area contributed by atoms with Gasteiger partial charge in [-0.1, -0.05) is 0 Å². The quantitative estimate of drug-likeness (QED) is 0.832. The number of thiophene rings is 1. The first kappa shape index (κ1) is 17.8. The minimum atomic E-state index is -5.11. The number of carboxylic acid groups (broad SMARTS) is 1. The normalized spacial score (nSPS) is 14.4. The Morgan fingerprint density at radius 1 is 1.48 bits per heavy atom. The SMILES string of the molecule is CN(Cc1csc(Br)c1)C(=O)NC(C)(C(=O)O)C(F)(F)F. The van der Waals surface area contributed by atoms with Crippen LogP contribution < -0.4 is 5.32 Å². The fourth-order valence-corrected chi connectivity index (χ4v) is 2.53. The highest BCUT2D eigenvalue weighted by molar-refractivity contribution is 9.11. The molecule has 5 nitrogen and oxygen atoms in total. The molecule has 0 spiro atoms. The third-order valence-electron chi connectivity index (χ3n) is 2.74. The molecule has 2 N–H and O–H groups in total. The first-order valence-corrected chi connectivity index (χ1v) is 7.21. The van der Waals surface area contributed by atoms with Gasteiger partial charge in [-0.3, -0.25) is 0 Å². The van der Waals surface area contributed by atoms with Crippen LogP contribution in [0.1, 0.15) is 12.5 Å². The summed E-state index contributed by atoms with van der Waals surface area (Å²) in [6, 6.07) is 0.591. The number of alkyl halides is 3. The maximum atomic E-state index is 12.8. The van der Waals surface area contributed by atoms with Crippen LogP contribution in [0, 0.1) is 0 Å². The molecule has 1 atom stereocenters. The molecule has 21 heavy (non-hydrogen) atoms. The zero-order valence-electron chi connectivity index (χ0n) is 11.0. The molecule has 1 unspecified atom stereocenters. The van der Waals surface area contributed by atoms with E-state index in [2.05, 4.69) is 15.9 Å². The number of hydrogen-bond donors (Lipinski definition) is 2. The van der Waals surface area contributed by atoms with Gasteiger partial charge in [0.05, 0.1) is 3.79 Å². The van der Waals surface area contributed by atoms with Gasteiger partial charge in [0.1, 0.15) is 0 Å². The first-order valence-electron chi connectivity index (χ1n) is 5.53. The summed E-state index contributed by atoms with van der Waals surface area (Å²) in [6.07, 6.45) is -5.11. The number of hydrogen-bond acceptors (Lipinski definition) is 3. The molecule has 1 aromatic heterocycles. The van der Waals surface area contributed by atoms with Gasteiger partial charge in [-0.15, -0.1) is 11.3 Å². The summed E-state index contributed by atoms with van der Waals surface area (Å²) in [5.74, 6) is -2.17. The molecular formula is C11H12BrF3N2O3S. The highest BCUT2D eigenvalue weighted by Gasteiger charge is 2.58. The number of carboxylic acids is 1. The average molecular weight is 389 g/mol. The fraction of sp³-hybridized carbons (Fsp3) is 0.455. The summed E-state index contributed by atoms with van der Waals surface area (Å²) >= 11 is 4.59. The number of aliphatic carboxylic acids is 1. The van der Waals surface area contributed by atoms with E-state index in [1.165, 1.54) is 23.7 Å². The van der Waals surface area contributed by atoms with E-state index >= 15 is 0 Å². The van der Waals surface area contributed by atoms with Crippen molar-refractivity contribution in [2.24, 2.45) is 0 Å². The van der Waals surface area contributed by atoms with Crippen molar-refractivity contribution in [1.29, 1.82) is 0 Å². The number of rotatable bonds is 4. The number of carbonyl (C=O) groups is 2. The Kier molecular flexibility index (Phi) is 5.26. The molecule has 1 aromatic rings. The maximum absolute atomic E-state index is 12.8. The molecule has 1 heterocycles. The Bertz CT molecular complexity index is 549. The van der Waals surface area contributed by atoms with Crippen LogP contribution in [0.25, 0.3) is 0 Å². The molecule has 0 radical (unpaired) electrons. The van der Waals surface area contributed by atoms with Crippen LogP contribution >= 0.6 is 27.3 Å². The lowest BCUT2D eigenvalue weighted by molar-refractivity contribution is -0.203. The Balaban J connectivity index is 2.80. The summed E-state index contributed by atoms with van der Waals surface area (Å²) in [4.78, 5) is 23.6. The van der Waals surface area contributed by atoms with Gasteiger partial charge in [0.15, 0.2) is 0 Å². The fourth-order valence-electron chi connectivity index (χ4n) is 1.33. The van der Waals surface area contributed by atoms with Gasteiger partial charge in [-0.2, -0.15) is 13.2 Å². The number of urea groups is 1. The zero-order valence-corrected chi connectivity index (χ0v) is 13.4. The van der Waals surface area contributed by atoms with Crippen molar-refractivity contribution in [3.8, 4) is 0 Å². The number of nitrogens with zero attached hydrogens (tertiary/aromatic N) is 1. The van der Waals surface area contributed by atoms with Crippen molar-refractivity contribution in [2.75, 3.05) is 7.05 Å². The lowest BCUT2D eigenvalue weighted by Crippen LogP contribution is -2.63. The van der Waals surface area contributed by atoms with Crippen molar-refractivity contribution in [2.45, 2.75) is 25.2 Å². The highest BCUT2D eigenvalue weighted by atomic mass is 79.9. The lowest BCUT2D eigenvalue weighted by Gasteiger charge is -2.30. The van der Waals surface area contributed by atoms with Gasteiger partial charge in [0, 0.05) is 13.6 Å². The second-order valence-electron chi connectivity index (χ2n) is 4.47. The first-order chi connectivity index (χ1) is 9.47. The van der Waals surface area contributed by atoms with E-state index in [9.17, 15) is 22.8 Å². The number of halogens is 4. The smallest absolute Gasteiger partial charge is 0.422 e. The molecule has 118 valence electrons. The van der Waals surface area contributed by atoms with Crippen LogP contribution in [0.15, 0.2) is 15.2 Å². The van der Waals surface area contributed by atoms with E-state index in [0.717, 1.165) is 8.69 Å². The Hall–Kier alpha value is -1.29. The van der Waals surface area contributed by atoms with E-state index in [-0.39, 0.29) is 6.54 Å². The number of amides is 2. The van der Waals surface area contributed by atoms with Crippen LogP contribution in [0.5, 0.6) is 0 Å². The van der Waals surface area contributed by atoms with Crippen molar-refractivity contribution in [3.05, 3.63) is 20.8 Å². The van der Waals surface area contributed by atoms with Crippen LogP contribution in [0.2, 0.25) is 0 Å². The second-order valence-corrected chi connectivity index (χ2v) is 6.76. The van der Waals surface area contributed by atoms with E-state index in [4.69, 9.17) is 5.11 Å². The maximum Gasteiger partial charge on any atom is 0.422 e. The Morgan fingerprint density at radius 3 is 2.43 bits per heavy atom. The molecule has 0 saturated heterocycles. The van der Waals surface area contributed by atoms with E-state index in [1.54, 1.807) is 11.4 Å². The van der Waals surface area contributed by atoms with Gasteiger partial charge in [-0.25, -0.2) is 9.59 Å².